The van der Waals surface area contributed by atoms with Crippen molar-refractivity contribution in [2.24, 2.45) is 0 Å². The second kappa shape index (κ2) is 7.16. The first-order valence-electron chi connectivity index (χ1n) is 7.95. The van der Waals surface area contributed by atoms with E-state index in [1.165, 1.54) is 5.56 Å². The highest BCUT2D eigenvalue weighted by molar-refractivity contribution is 6.31. The Labute approximate surface area is 142 Å². The Kier molecular flexibility index (Phi) is 4.99. The van der Waals surface area contributed by atoms with Crippen LogP contribution >= 0.6 is 11.6 Å². The normalized spacial score (nSPS) is 15.7. The molecule has 0 atom stereocenters. The Morgan fingerprint density at radius 2 is 1.74 bits per heavy atom. The quantitative estimate of drug-likeness (QED) is 0.859. The summed E-state index contributed by atoms with van der Waals surface area (Å²) in [6.45, 7) is 6.22. The highest BCUT2D eigenvalue weighted by atomic mass is 35.5. The Morgan fingerprint density at radius 1 is 1.04 bits per heavy atom. The molecule has 1 fully saturated rings. The van der Waals surface area contributed by atoms with E-state index in [1.54, 1.807) is 6.07 Å². The molecule has 0 aliphatic carbocycles. The van der Waals surface area contributed by atoms with Crippen molar-refractivity contribution in [1.29, 1.82) is 0 Å². The molecule has 3 nitrogen and oxygen atoms in total. The van der Waals surface area contributed by atoms with Crippen LogP contribution in [0, 0.1) is 6.92 Å². The van der Waals surface area contributed by atoms with Crippen molar-refractivity contribution in [3.8, 4) is 0 Å². The molecule has 120 valence electrons. The lowest BCUT2D eigenvalue weighted by Gasteiger charge is -2.34. The molecule has 0 unspecified atom stereocenters. The maximum atomic E-state index is 12.6. The van der Waals surface area contributed by atoms with Gasteiger partial charge in [0.2, 0.25) is 0 Å². The molecule has 1 amide bonds. The molecule has 2 aromatic carbocycles. The molecule has 1 aliphatic rings. The van der Waals surface area contributed by atoms with Gasteiger partial charge in [-0.2, -0.15) is 0 Å². The van der Waals surface area contributed by atoms with Crippen LogP contribution in [0.1, 0.15) is 21.5 Å². The standard InChI is InChI=1S/C19H21ClN2O/c1-15-7-8-17(13-18(15)20)19(23)22-11-9-21(10-12-22)14-16-5-3-2-4-6-16/h2-8,13H,9-12,14H2,1H3. The molecular weight excluding hydrogens is 308 g/mol. The van der Waals surface area contributed by atoms with Crippen molar-refractivity contribution in [3.05, 3.63) is 70.2 Å². The fourth-order valence-electron chi connectivity index (χ4n) is 2.86. The molecule has 23 heavy (non-hydrogen) atoms. The number of amides is 1. The zero-order chi connectivity index (χ0) is 16.2. The molecule has 2 aromatic rings. The molecular formula is C19H21ClN2O. The molecule has 0 bridgehead atoms. The summed E-state index contributed by atoms with van der Waals surface area (Å²) in [6, 6.07) is 16.0. The van der Waals surface area contributed by atoms with E-state index in [9.17, 15) is 4.79 Å². The minimum Gasteiger partial charge on any atom is -0.336 e. The molecule has 1 saturated heterocycles. The minimum atomic E-state index is 0.0752. The summed E-state index contributed by atoms with van der Waals surface area (Å²) in [6.07, 6.45) is 0. The summed E-state index contributed by atoms with van der Waals surface area (Å²) in [4.78, 5) is 16.9. The van der Waals surface area contributed by atoms with Crippen LogP contribution in [-0.4, -0.2) is 41.9 Å². The molecule has 4 heteroatoms. The fourth-order valence-corrected chi connectivity index (χ4v) is 3.04. The van der Waals surface area contributed by atoms with Gasteiger partial charge in [0.1, 0.15) is 0 Å². The summed E-state index contributed by atoms with van der Waals surface area (Å²) in [5, 5.41) is 0.651. The fraction of sp³-hybridized carbons (Fsp3) is 0.316. The van der Waals surface area contributed by atoms with E-state index in [0.29, 0.717) is 10.6 Å². The Bertz CT molecular complexity index is 679. The molecule has 1 heterocycles. The molecule has 0 saturated carbocycles. The van der Waals surface area contributed by atoms with Gasteiger partial charge in [-0.3, -0.25) is 9.69 Å². The summed E-state index contributed by atoms with van der Waals surface area (Å²) >= 11 is 6.13. The van der Waals surface area contributed by atoms with E-state index in [-0.39, 0.29) is 5.91 Å². The zero-order valence-corrected chi connectivity index (χ0v) is 14.1. The van der Waals surface area contributed by atoms with Crippen molar-refractivity contribution >= 4 is 17.5 Å². The highest BCUT2D eigenvalue weighted by Gasteiger charge is 2.22. The number of benzene rings is 2. The van der Waals surface area contributed by atoms with Gasteiger partial charge in [-0.25, -0.2) is 0 Å². The lowest BCUT2D eigenvalue weighted by atomic mass is 10.1. The number of carbonyl (C=O) groups is 1. The van der Waals surface area contributed by atoms with Gasteiger partial charge in [0, 0.05) is 43.3 Å². The summed E-state index contributed by atoms with van der Waals surface area (Å²) in [5.74, 6) is 0.0752. The third-order valence-corrected chi connectivity index (χ3v) is 4.73. The van der Waals surface area contributed by atoms with Crippen molar-refractivity contribution < 1.29 is 4.79 Å². The second-order valence-corrected chi connectivity index (χ2v) is 6.43. The van der Waals surface area contributed by atoms with Gasteiger partial charge in [-0.15, -0.1) is 0 Å². The first kappa shape index (κ1) is 16.0. The van der Waals surface area contributed by atoms with Gasteiger partial charge in [-0.1, -0.05) is 48.0 Å². The van der Waals surface area contributed by atoms with Crippen molar-refractivity contribution in [2.75, 3.05) is 26.2 Å². The van der Waals surface area contributed by atoms with Crippen LogP contribution in [0.2, 0.25) is 5.02 Å². The smallest absolute Gasteiger partial charge is 0.253 e. The average Bonchev–Trinajstić information content (AvgIpc) is 2.58. The van der Waals surface area contributed by atoms with Crippen LogP contribution < -0.4 is 0 Å². The molecule has 3 rings (SSSR count). The van der Waals surface area contributed by atoms with Gasteiger partial charge in [0.15, 0.2) is 0 Å². The number of halogens is 1. The third-order valence-electron chi connectivity index (χ3n) is 4.33. The second-order valence-electron chi connectivity index (χ2n) is 6.02. The number of rotatable bonds is 3. The zero-order valence-electron chi connectivity index (χ0n) is 13.3. The van der Waals surface area contributed by atoms with Crippen molar-refractivity contribution in [3.63, 3.8) is 0 Å². The molecule has 0 spiro atoms. The lowest BCUT2D eigenvalue weighted by molar-refractivity contribution is 0.0628. The van der Waals surface area contributed by atoms with Crippen molar-refractivity contribution in [1.82, 2.24) is 9.80 Å². The van der Waals surface area contributed by atoms with Crippen LogP contribution in [0.3, 0.4) is 0 Å². The maximum absolute atomic E-state index is 12.6. The average molecular weight is 329 g/mol. The minimum absolute atomic E-state index is 0.0752. The molecule has 0 N–H and O–H groups in total. The molecule has 1 aliphatic heterocycles. The third kappa shape index (κ3) is 3.92. The molecule has 0 radical (unpaired) electrons. The van der Waals surface area contributed by atoms with Gasteiger partial charge >= 0.3 is 0 Å². The van der Waals surface area contributed by atoms with E-state index in [0.717, 1.165) is 38.3 Å². The monoisotopic (exact) mass is 328 g/mol. The number of piperazine rings is 1. The topological polar surface area (TPSA) is 23.6 Å². The maximum Gasteiger partial charge on any atom is 0.253 e. The van der Waals surface area contributed by atoms with E-state index < -0.39 is 0 Å². The van der Waals surface area contributed by atoms with Crippen LogP contribution in [-0.2, 0) is 6.54 Å². The van der Waals surface area contributed by atoms with Crippen molar-refractivity contribution in [2.45, 2.75) is 13.5 Å². The van der Waals surface area contributed by atoms with Gasteiger partial charge < -0.3 is 4.90 Å². The number of hydrogen-bond donors (Lipinski definition) is 0. The van der Waals surface area contributed by atoms with E-state index >= 15 is 0 Å². The highest BCUT2D eigenvalue weighted by Crippen LogP contribution is 2.19. The SMILES string of the molecule is Cc1ccc(C(=O)N2CCN(Cc3ccccc3)CC2)cc1Cl. The first-order valence-corrected chi connectivity index (χ1v) is 8.33. The summed E-state index contributed by atoms with van der Waals surface area (Å²) in [5.41, 5.74) is 2.99. The van der Waals surface area contributed by atoms with Crippen LogP contribution in [0.25, 0.3) is 0 Å². The van der Waals surface area contributed by atoms with Gasteiger partial charge in [0.25, 0.3) is 5.91 Å². The van der Waals surface area contributed by atoms with E-state index in [1.807, 2.05) is 30.0 Å². The number of carbonyl (C=O) groups excluding carboxylic acids is 1. The van der Waals surface area contributed by atoms with Gasteiger partial charge in [-0.05, 0) is 30.2 Å². The molecule has 0 aromatic heterocycles. The van der Waals surface area contributed by atoms with Crippen LogP contribution in [0.5, 0.6) is 0 Å². The number of aryl methyl sites for hydroxylation is 1. The lowest BCUT2D eigenvalue weighted by Crippen LogP contribution is -2.48. The summed E-state index contributed by atoms with van der Waals surface area (Å²) in [7, 11) is 0. The van der Waals surface area contributed by atoms with Crippen LogP contribution in [0.15, 0.2) is 48.5 Å². The Morgan fingerprint density at radius 3 is 2.39 bits per heavy atom. The number of hydrogen-bond acceptors (Lipinski definition) is 2. The van der Waals surface area contributed by atoms with E-state index in [2.05, 4.69) is 29.2 Å². The Balaban J connectivity index is 1.58. The first-order chi connectivity index (χ1) is 11.1. The Hall–Kier alpha value is -1.84. The van der Waals surface area contributed by atoms with Gasteiger partial charge in [0.05, 0.1) is 0 Å². The predicted octanol–water partition coefficient (Wildman–Crippen LogP) is 3.61. The largest absolute Gasteiger partial charge is 0.336 e. The predicted molar refractivity (Wildman–Crippen MR) is 93.8 cm³/mol. The van der Waals surface area contributed by atoms with Crippen LogP contribution in [0.4, 0.5) is 0 Å². The van der Waals surface area contributed by atoms with E-state index in [4.69, 9.17) is 11.6 Å². The number of nitrogens with zero attached hydrogens (tertiary/aromatic N) is 2. The summed E-state index contributed by atoms with van der Waals surface area (Å²) < 4.78 is 0.